The van der Waals surface area contributed by atoms with Gasteiger partial charge in [0.15, 0.2) is 0 Å². The standard InChI is InChI=1S/C13H20BrNS/c1-4-7-15-12(9-10(3)5-2)13-11(14)6-8-16-13/h6,8,12,15H,3-5,7,9H2,1-2H3. The summed E-state index contributed by atoms with van der Waals surface area (Å²) in [6.45, 7) is 9.54. The predicted molar refractivity (Wildman–Crippen MR) is 77.1 cm³/mol. The Morgan fingerprint density at radius 1 is 1.56 bits per heavy atom. The minimum absolute atomic E-state index is 0.418. The average Bonchev–Trinajstić information content (AvgIpc) is 2.70. The Hall–Kier alpha value is -0.120. The molecule has 1 heterocycles. The van der Waals surface area contributed by atoms with Crippen LogP contribution in [-0.2, 0) is 0 Å². The molecule has 1 N–H and O–H groups in total. The third-order valence-corrected chi connectivity index (χ3v) is 4.58. The van der Waals surface area contributed by atoms with Gasteiger partial charge >= 0.3 is 0 Å². The van der Waals surface area contributed by atoms with Crippen molar-refractivity contribution in [2.75, 3.05) is 6.54 Å². The number of hydrogen-bond donors (Lipinski definition) is 1. The van der Waals surface area contributed by atoms with Crippen LogP contribution < -0.4 is 5.32 Å². The quantitative estimate of drug-likeness (QED) is 0.706. The molecule has 1 unspecified atom stereocenters. The molecule has 0 aromatic carbocycles. The molecule has 0 aliphatic carbocycles. The lowest BCUT2D eigenvalue weighted by atomic mass is 10.0. The van der Waals surface area contributed by atoms with E-state index in [4.69, 9.17) is 0 Å². The van der Waals surface area contributed by atoms with Crippen molar-refractivity contribution < 1.29 is 0 Å². The fraction of sp³-hybridized carbons (Fsp3) is 0.538. The fourth-order valence-electron chi connectivity index (χ4n) is 1.56. The van der Waals surface area contributed by atoms with E-state index in [1.807, 2.05) is 11.3 Å². The van der Waals surface area contributed by atoms with E-state index in [-0.39, 0.29) is 0 Å². The van der Waals surface area contributed by atoms with E-state index in [0.717, 1.165) is 25.8 Å². The number of rotatable bonds is 7. The minimum atomic E-state index is 0.418. The molecule has 16 heavy (non-hydrogen) atoms. The molecular formula is C13H20BrNS. The smallest absolute Gasteiger partial charge is 0.0463 e. The zero-order valence-electron chi connectivity index (χ0n) is 10.1. The van der Waals surface area contributed by atoms with Crippen LogP contribution in [0.25, 0.3) is 0 Å². The molecule has 1 atom stereocenters. The van der Waals surface area contributed by atoms with Crippen molar-refractivity contribution in [1.82, 2.24) is 5.32 Å². The van der Waals surface area contributed by atoms with E-state index in [2.05, 4.69) is 53.1 Å². The third-order valence-electron chi connectivity index (χ3n) is 2.59. The van der Waals surface area contributed by atoms with Gasteiger partial charge in [0.25, 0.3) is 0 Å². The lowest BCUT2D eigenvalue weighted by Crippen LogP contribution is -2.22. The Labute approximate surface area is 111 Å². The molecule has 3 heteroatoms. The van der Waals surface area contributed by atoms with Crippen LogP contribution in [0.3, 0.4) is 0 Å². The molecule has 1 rings (SSSR count). The highest BCUT2D eigenvalue weighted by Gasteiger charge is 2.15. The lowest BCUT2D eigenvalue weighted by molar-refractivity contribution is 0.529. The summed E-state index contributed by atoms with van der Waals surface area (Å²) in [6.07, 6.45) is 3.26. The second kappa shape index (κ2) is 7.25. The van der Waals surface area contributed by atoms with E-state index >= 15 is 0 Å². The van der Waals surface area contributed by atoms with Gasteiger partial charge in [-0.3, -0.25) is 0 Å². The summed E-state index contributed by atoms with van der Waals surface area (Å²) in [4.78, 5) is 1.39. The summed E-state index contributed by atoms with van der Waals surface area (Å²) in [7, 11) is 0. The van der Waals surface area contributed by atoms with Crippen molar-refractivity contribution >= 4 is 27.3 Å². The van der Waals surface area contributed by atoms with Gasteiger partial charge in [-0.15, -0.1) is 11.3 Å². The molecule has 0 aliphatic heterocycles. The fourth-order valence-corrected chi connectivity index (χ4v) is 3.29. The molecule has 0 spiro atoms. The van der Waals surface area contributed by atoms with Crippen molar-refractivity contribution in [3.8, 4) is 0 Å². The molecule has 0 radical (unpaired) electrons. The van der Waals surface area contributed by atoms with Crippen LogP contribution in [-0.4, -0.2) is 6.54 Å². The molecule has 0 saturated heterocycles. The topological polar surface area (TPSA) is 12.0 Å². The maximum Gasteiger partial charge on any atom is 0.0463 e. The molecule has 0 aliphatic rings. The molecule has 0 saturated carbocycles. The van der Waals surface area contributed by atoms with Gasteiger partial charge in [-0.1, -0.05) is 26.0 Å². The van der Waals surface area contributed by atoms with Gasteiger partial charge in [-0.2, -0.15) is 0 Å². The number of thiophene rings is 1. The summed E-state index contributed by atoms with van der Waals surface area (Å²) >= 11 is 5.42. The highest BCUT2D eigenvalue weighted by Crippen LogP contribution is 2.32. The van der Waals surface area contributed by atoms with Gasteiger partial charge in [0.2, 0.25) is 0 Å². The second-order valence-corrected chi connectivity index (χ2v) is 5.75. The van der Waals surface area contributed by atoms with Gasteiger partial charge in [0.05, 0.1) is 0 Å². The van der Waals surface area contributed by atoms with Crippen LogP contribution in [0, 0.1) is 0 Å². The Morgan fingerprint density at radius 2 is 2.31 bits per heavy atom. The van der Waals surface area contributed by atoms with Crippen molar-refractivity contribution in [3.63, 3.8) is 0 Å². The Balaban J connectivity index is 2.71. The van der Waals surface area contributed by atoms with E-state index in [0.29, 0.717) is 6.04 Å². The monoisotopic (exact) mass is 301 g/mol. The Bertz CT molecular complexity index is 332. The van der Waals surface area contributed by atoms with Crippen LogP contribution in [0.2, 0.25) is 0 Å². The molecule has 1 aromatic heterocycles. The Morgan fingerprint density at radius 3 is 2.81 bits per heavy atom. The summed E-state index contributed by atoms with van der Waals surface area (Å²) in [6, 6.07) is 2.54. The summed E-state index contributed by atoms with van der Waals surface area (Å²) in [5.41, 5.74) is 1.31. The molecule has 0 amide bonds. The zero-order valence-corrected chi connectivity index (χ0v) is 12.5. The van der Waals surface area contributed by atoms with Crippen LogP contribution in [0.4, 0.5) is 0 Å². The van der Waals surface area contributed by atoms with Gasteiger partial charge < -0.3 is 5.32 Å². The first-order valence-electron chi connectivity index (χ1n) is 5.81. The van der Waals surface area contributed by atoms with Crippen LogP contribution >= 0.6 is 27.3 Å². The highest BCUT2D eigenvalue weighted by atomic mass is 79.9. The molecular weight excluding hydrogens is 282 g/mol. The third kappa shape index (κ3) is 4.04. The maximum absolute atomic E-state index is 4.11. The van der Waals surface area contributed by atoms with E-state index < -0.39 is 0 Å². The summed E-state index contributed by atoms with van der Waals surface area (Å²) in [5.74, 6) is 0. The number of nitrogens with one attached hydrogen (secondary N) is 1. The normalized spacial score (nSPS) is 12.7. The molecule has 1 nitrogen and oxygen atoms in total. The van der Waals surface area contributed by atoms with Crippen molar-refractivity contribution in [3.05, 3.63) is 32.9 Å². The van der Waals surface area contributed by atoms with E-state index in [9.17, 15) is 0 Å². The molecule has 1 aromatic rings. The largest absolute Gasteiger partial charge is 0.309 e. The molecule has 0 fully saturated rings. The Kier molecular flexibility index (Phi) is 6.32. The van der Waals surface area contributed by atoms with Crippen LogP contribution in [0.15, 0.2) is 28.1 Å². The minimum Gasteiger partial charge on any atom is -0.309 e. The van der Waals surface area contributed by atoms with Crippen LogP contribution in [0.1, 0.15) is 44.0 Å². The van der Waals surface area contributed by atoms with E-state index in [1.165, 1.54) is 14.9 Å². The number of hydrogen-bond acceptors (Lipinski definition) is 2. The second-order valence-electron chi connectivity index (χ2n) is 3.95. The van der Waals surface area contributed by atoms with Gasteiger partial charge in [-0.05, 0) is 53.2 Å². The molecule has 0 bridgehead atoms. The van der Waals surface area contributed by atoms with Crippen LogP contribution in [0.5, 0.6) is 0 Å². The SMILES string of the molecule is C=C(CC)CC(NCCC)c1sccc1Br. The maximum atomic E-state index is 4.11. The van der Waals surface area contributed by atoms with Crippen molar-refractivity contribution in [2.24, 2.45) is 0 Å². The van der Waals surface area contributed by atoms with Gasteiger partial charge in [0, 0.05) is 15.4 Å². The number of halogens is 1. The first-order chi connectivity index (χ1) is 7.69. The molecule has 90 valence electrons. The first-order valence-corrected chi connectivity index (χ1v) is 7.49. The van der Waals surface area contributed by atoms with Gasteiger partial charge in [0.1, 0.15) is 0 Å². The average molecular weight is 302 g/mol. The van der Waals surface area contributed by atoms with E-state index in [1.54, 1.807) is 0 Å². The predicted octanol–water partition coefficient (Wildman–Crippen LogP) is 4.91. The van der Waals surface area contributed by atoms with Gasteiger partial charge in [-0.25, -0.2) is 0 Å². The lowest BCUT2D eigenvalue weighted by Gasteiger charge is -2.18. The van der Waals surface area contributed by atoms with Crippen molar-refractivity contribution in [2.45, 2.75) is 39.2 Å². The summed E-state index contributed by atoms with van der Waals surface area (Å²) < 4.78 is 1.22. The zero-order chi connectivity index (χ0) is 12.0. The van der Waals surface area contributed by atoms with Crippen molar-refractivity contribution in [1.29, 1.82) is 0 Å². The summed E-state index contributed by atoms with van der Waals surface area (Å²) in [5, 5.41) is 5.73. The first kappa shape index (κ1) is 13.9. The highest BCUT2D eigenvalue weighted by molar-refractivity contribution is 9.10.